The number of fused-ring (bicyclic) bond motifs is 3. The molecule has 3 aromatic carbocycles. The summed E-state index contributed by atoms with van der Waals surface area (Å²) < 4.78 is 23.0. The predicted octanol–water partition coefficient (Wildman–Crippen LogP) is 4.71. The molecule has 0 bridgehead atoms. The number of hydrogen-bond acceptors (Lipinski definition) is 6. The van der Waals surface area contributed by atoms with Gasteiger partial charge < -0.3 is 24.4 Å². The molecule has 5 rings (SSSR count). The lowest BCUT2D eigenvalue weighted by Gasteiger charge is -2.39. The second-order valence-corrected chi connectivity index (χ2v) is 7.37. The molecule has 0 radical (unpaired) electrons. The molecule has 6 nitrogen and oxygen atoms in total. The van der Waals surface area contributed by atoms with Crippen molar-refractivity contribution >= 4 is 5.70 Å². The standard InChI is InChI=1S/C25H24N2O4/c1-28-21-13-12-17(14-23(21)30-3)19-15-20-18-10-7-11-22(29-2)24(18)31-25(27(20)26-19)16-8-5-4-6-9-16/h4-15,20,25-26H,1-3H3/t20-,25+/m0/s1. The van der Waals surface area contributed by atoms with E-state index in [0.29, 0.717) is 11.5 Å². The minimum absolute atomic E-state index is 0.0212. The predicted molar refractivity (Wildman–Crippen MR) is 118 cm³/mol. The highest BCUT2D eigenvalue weighted by Gasteiger charge is 2.41. The van der Waals surface area contributed by atoms with E-state index in [0.717, 1.165) is 33.9 Å². The van der Waals surface area contributed by atoms with Crippen molar-refractivity contribution in [1.29, 1.82) is 0 Å². The number of benzene rings is 3. The first kappa shape index (κ1) is 19.3. The lowest BCUT2D eigenvalue weighted by Crippen LogP contribution is -2.43. The Labute approximate surface area is 181 Å². The Morgan fingerprint density at radius 1 is 0.806 bits per heavy atom. The van der Waals surface area contributed by atoms with E-state index >= 15 is 0 Å². The maximum atomic E-state index is 6.48. The fourth-order valence-electron chi connectivity index (χ4n) is 4.16. The van der Waals surface area contributed by atoms with Crippen LogP contribution in [0.15, 0.2) is 72.8 Å². The highest BCUT2D eigenvalue weighted by atomic mass is 16.5. The second kappa shape index (κ2) is 7.89. The van der Waals surface area contributed by atoms with Crippen molar-refractivity contribution in [2.24, 2.45) is 0 Å². The van der Waals surface area contributed by atoms with Gasteiger partial charge in [-0.3, -0.25) is 0 Å². The summed E-state index contributed by atoms with van der Waals surface area (Å²) >= 11 is 0. The Bertz CT molecular complexity index is 1130. The minimum atomic E-state index is -0.316. The zero-order valence-electron chi connectivity index (χ0n) is 17.7. The molecule has 0 spiro atoms. The van der Waals surface area contributed by atoms with Crippen LogP contribution in [0.2, 0.25) is 0 Å². The van der Waals surface area contributed by atoms with Gasteiger partial charge >= 0.3 is 0 Å². The SMILES string of the molecule is COc1ccc(C2=C[C@H]3c4cccc(OC)c4O[C@H](c4ccccc4)N3N2)cc1OC. The number of hydrazine groups is 1. The molecular weight excluding hydrogens is 392 g/mol. The molecule has 2 aliphatic rings. The number of methoxy groups -OCH3 is 3. The molecule has 2 atom stereocenters. The van der Waals surface area contributed by atoms with Crippen LogP contribution in [0.5, 0.6) is 23.0 Å². The van der Waals surface area contributed by atoms with Crippen LogP contribution in [-0.2, 0) is 0 Å². The highest BCUT2D eigenvalue weighted by Crippen LogP contribution is 2.49. The average molecular weight is 416 g/mol. The number of rotatable bonds is 5. The molecule has 31 heavy (non-hydrogen) atoms. The van der Waals surface area contributed by atoms with Gasteiger partial charge in [0.1, 0.15) is 0 Å². The quantitative estimate of drug-likeness (QED) is 0.650. The van der Waals surface area contributed by atoms with E-state index in [1.165, 1.54) is 0 Å². The normalized spacial score (nSPS) is 19.4. The van der Waals surface area contributed by atoms with Gasteiger partial charge in [0.2, 0.25) is 0 Å². The highest BCUT2D eigenvalue weighted by molar-refractivity contribution is 5.70. The number of hydrogen-bond donors (Lipinski definition) is 1. The smallest absolute Gasteiger partial charge is 0.196 e. The summed E-state index contributed by atoms with van der Waals surface area (Å²) in [6.45, 7) is 0. The Hall–Kier alpha value is -3.64. The molecule has 0 saturated carbocycles. The Morgan fingerprint density at radius 3 is 2.32 bits per heavy atom. The average Bonchev–Trinajstić information content (AvgIpc) is 3.29. The summed E-state index contributed by atoms with van der Waals surface area (Å²) in [6.07, 6.45) is 1.89. The van der Waals surface area contributed by atoms with Crippen LogP contribution < -0.4 is 24.4 Å². The van der Waals surface area contributed by atoms with Crippen LogP contribution in [0.1, 0.15) is 29.0 Å². The molecule has 0 aromatic heterocycles. The zero-order chi connectivity index (χ0) is 21.4. The van der Waals surface area contributed by atoms with Crippen molar-refractivity contribution in [2.45, 2.75) is 12.3 Å². The van der Waals surface area contributed by atoms with Gasteiger partial charge in [-0.1, -0.05) is 42.5 Å². The maximum absolute atomic E-state index is 6.48. The number of para-hydroxylation sites is 1. The van der Waals surface area contributed by atoms with E-state index in [9.17, 15) is 0 Å². The van der Waals surface area contributed by atoms with E-state index in [1.807, 2.05) is 48.5 Å². The molecule has 6 heteroatoms. The summed E-state index contributed by atoms with van der Waals surface area (Å²) in [5, 5.41) is 2.13. The summed E-state index contributed by atoms with van der Waals surface area (Å²) in [7, 11) is 4.95. The summed E-state index contributed by atoms with van der Waals surface area (Å²) in [5.74, 6) is 2.88. The second-order valence-electron chi connectivity index (χ2n) is 7.37. The molecule has 0 fully saturated rings. The maximum Gasteiger partial charge on any atom is 0.196 e. The molecule has 3 aromatic rings. The molecule has 2 heterocycles. The molecule has 0 saturated heterocycles. The molecule has 0 amide bonds. The van der Waals surface area contributed by atoms with Crippen LogP contribution >= 0.6 is 0 Å². The zero-order valence-corrected chi connectivity index (χ0v) is 17.7. The van der Waals surface area contributed by atoms with E-state index in [-0.39, 0.29) is 12.3 Å². The summed E-state index contributed by atoms with van der Waals surface area (Å²) in [5.41, 5.74) is 7.64. The molecule has 0 unspecified atom stereocenters. The van der Waals surface area contributed by atoms with Crippen LogP contribution in [0.4, 0.5) is 0 Å². The van der Waals surface area contributed by atoms with E-state index in [4.69, 9.17) is 18.9 Å². The third-order valence-electron chi connectivity index (χ3n) is 5.68. The van der Waals surface area contributed by atoms with Crippen molar-refractivity contribution in [3.8, 4) is 23.0 Å². The Balaban J connectivity index is 1.60. The van der Waals surface area contributed by atoms with Gasteiger partial charge in [-0.2, -0.15) is 5.01 Å². The van der Waals surface area contributed by atoms with E-state index in [2.05, 4.69) is 34.7 Å². The summed E-state index contributed by atoms with van der Waals surface area (Å²) in [6, 6.07) is 22.1. The van der Waals surface area contributed by atoms with Crippen LogP contribution in [-0.4, -0.2) is 26.3 Å². The number of nitrogens with one attached hydrogen (secondary N) is 1. The van der Waals surface area contributed by atoms with Crippen LogP contribution in [0.25, 0.3) is 5.70 Å². The molecular formula is C25H24N2O4. The fraction of sp³-hybridized carbons (Fsp3) is 0.200. The van der Waals surface area contributed by atoms with Crippen molar-refractivity contribution in [2.75, 3.05) is 21.3 Å². The van der Waals surface area contributed by atoms with Gasteiger partial charge in [0.25, 0.3) is 0 Å². The van der Waals surface area contributed by atoms with Gasteiger partial charge in [-0.25, -0.2) is 0 Å². The lowest BCUT2D eigenvalue weighted by atomic mass is 10.00. The largest absolute Gasteiger partial charge is 0.493 e. The molecule has 1 N–H and O–H groups in total. The number of ether oxygens (including phenoxy) is 4. The molecule has 158 valence electrons. The minimum Gasteiger partial charge on any atom is -0.493 e. The van der Waals surface area contributed by atoms with Gasteiger partial charge in [0.05, 0.1) is 33.1 Å². The van der Waals surface area contributed by atoms with Crippen molar-refractivity contribution in [1.82, 2.24) is 10.4 Å². The van der Waals surface area contributed by atoms with Crippen LogP contribution in [0, 0.1) is 0 Å². The van der Waals surface area contributed by atoms with Gasteiger partial charge in [-0.15, -0.1) is 0 Å². The third-order valence-corrected chi connectivity index (χ3v) is 5.68. The lowest BCUT2D eigenvalue weighted by molar-refractivity contribution is -0.0342. The van der Waals surface area contributed by atoms with Gasteiger partial charge in [-0.05, 0) is 30.3 Å². The first-order valence-corrected chi connectivity index (χ1v) is 10.1. The van der Waals surface area contributed by atoms with Gasteiger partial charge in [0.15, 0.2) is 29.2 Å². The Morgan fingerprint density at radius 2 is 1.58 bits per heavy atom. The number of nitrogens with zero attached hydrogens (tertiary/aromatic N) is 1. The fourth-order valence-corrected chi connectivity index (χ4v) is 4.16. The molecule has 0 aliphatic carbocycles. The molecule has 2 aliphatic heterocycles. The van der Waals surface area contributed by atoms with Crippen molar-refractivity contribution in [3.05, 3.63) is 89.5 Å². The van der Waals surface area contributed by atoms with Gasteiger partial charge in [0, 0.05) is 16.7 Å². The first-order chi connectivity index (χ1) is 15.2. The van der Waals surface area contributed by atoms with E-state index < -0.39 is 0 Å². The van der Waals surface area contributed by atoms with Crippen LogP contribution in [0.3, 0.4) is 0 Å². The van der Waals surface area contributed by atoms with E-state index in [1.54, 1.807) is 21.3 Å². The third kappa shape index (κ3) is 3.25. The van der Waals surface area contributed by atoms with Crippen molar-refractivity contribution in [3.63, 3.8) is 0 Å². The monoisotopic (exact) mass is 416 g/mol. The topological polar surface area (TPSA) is 52.2 Å². The van der Waals surface area contributed by atoms with Crippen molar-refractivity contribution < 1.29 is 18.9 Å². The first-order valence-electron chi connectivity index (χ1n) is 10.1. The summed E-state index contributed by atoms with van der Waals surface area (Å²) in [4.78, 5) is 0. The Kier molecular flexibility index (Phi) is 4.92.